The highest BCUT2D eigenvalue weighted by Crippen LogP contribution is 2.38. The molecule has 0 radical (unpaired) electrons. The van der Waals surface area contributed by atoms with Crippen molar-refractivity contribution in [2.24, 2.45) is 4.99 Å². The predicted octanol–water partition coefficient (Wildman–Crippen LogP) is -0.842. The van der Waals surface area contributed by atoms with Gasteiger partial charge >= 0.3 is 7.82 Å². The summed E-state index contributed by atoms with van der Waals surface area (Å²) in [7, 11) is -4.74. The van der Waals surface area contributed by atoms with Crippen molar-refractivity contribution in [2.75, 3.05) is 6.61 Å². The molecule has 146 valence electrons. The Morgan fingerprint density at radius 3 is 2.65 bits per heavy atom. The molecule has 1 fully saturated rings. The van der Waals surface area contributed by atoms with E-state index in [4.69, 9.17) is 14.5 Å². The third-order valence-corrected chi connectivity index (χ3v) is 4.32. The molecule has 2 rings (SSSR count). The molecule has 0 spiro atoms. The predicted molar refractivity (Wildman–Crippen MR) is 89.3 cm³/mol. The minimum Gasteiger partial charge on any atom is -0.387 e. The minimum atomic E-state index is -4.74. The number of nitrogens with one attached hydrogen (secondary N) is 1. The number of hydrogen-bond acceptors (Lipinski definition) is 8. The molecule has 2 aliphatic rings. The topological polar surface area (TPSA) is 161 Å². The SMILES string of the molecule is C=C1N=C(NC(C)=O)C(CC)=CN1[C@@H]1OC(COP(=O)(O)O)[C@@H](O)[C@H]1O. The van der Waals surface area contributed by atoms with E-state index in [0.717, 1.165) is 0 Å². The van der Waals surface area contributed by atoms with Crippen LogP contribution in [0.15, 0.2) is 29.2 Å². The molecular weight excluding hydrogens is 369 g/mol. The summed E-state index contributed by atoms with van der Waals surface area (Å²) < 4.78 is 20.6. The smallest absolute Gasteiger partial charge is 0.387 e. The first-order valence-electron chi connectivity index (χ1n) is 7.79. The van der Waals surface area contributed by atoms with Gasteiger partial charge in [-0.05, 0) is 6.42 Å². The van der Waals surface area contributed by atoms with Crippen LogP contribution in [0.25, 0.3) is 0 Å². The number of hydrogen-bond donors (Lipinski definition) is 5. The van der Waals surface area contributed by atoms with Gasteiger partial charge in [0.25, 0.3) is 0 Å². The van der Waals surface area contributed by atoms with Gasteiger partial charge in [-0.15, -0.1) is 0 Å². The molecular formula is C14H22N3O8P. The molecule has 2 aliphatic heterocycles. The van der Waals surface area contributed by atoms with Gasteiger partial charge in [0.1, 0.15) is 30.0 Å². The van der Waals surface area contributed by atoms with E-state index in [2.05, 4.69) is 21.4 Å². The summed E-state index contributed by atoms with van der Waals surface area (Å²) in [5, 5.41) is 22.9. The fourth-order valence-electron chi connectivity index (χ4n) is 2.58. The fraction of sp³-hybridized carbons (Fsp3) is 0.571. The molecule has 1 amide bonds. The Hall–Kier alpha value is -1.59. The second kappa shape index (κ2) is 7.97. The van der Waals surface area contributed by atoms with Crippen LogP contribution in [0.2, 0.25) is 0 Å². The Labute approximate surface area is 149 Å². The lowest BCUT2D eigenvalue weighted by molar-refractivity contribution is -0.117. The second-order valence-electron chi connectivity index (χ2n) is 5.81. The number of carbonyl (C=O) groups excluding carboxylic acids is 1. The number of amidine groups is 1. The van der Waals surface area contributed by atoms with E-state index in [-0.39, 0.29) is 11.7 Å². The van der Waals surface area contributed by atoms with Gasteiger partial charge in [-0.3, -0.25) is 9.32 Å². The van der Waals surface area contributed by atoms with Gasteiger partial charge in [0.15, 0.2) is 6.23 Å². The van der Waals surface area contributed by atoms with Crippen molar-refractivity contribution in [1.29, 1.82) is 0 Å². The zero-order chi connectivity index (χ0) is 19.6. The first-order valence-corrected chi connectivity index (χ1v) is 9.32. The summed E-state index contributed by atoms with van der Waals surface area (Å²) in [5.41, 5.74) is 0.646. The number of rotatable bonds is 5. The van der Waals surface area contributed by atoms with Gasteiger partial charge in [0.2, 0.25) is 5.91 Å². The maximum Gasteiger partial charge on any atom is 0.469 e. The zero-order valence-corrected chi connectivity index (χ0v) is 15.2. The Bertz CT molecular complexity index is 688. The van der Waals surface area contributed by atoms with Crippen LogP contribution in [-0.2, 0) is 18.6 Å². The molecule has 0 aromatic heterocycles. The average Bonchev–Trinajstić information content (AvgIpc) is 2.80. The number of carbonyl (C=O) groups is 1. The fourth-order valence-corrected chi connectivity index (χ4v) is 2.92. The van der Waals surface area contributed by atoms with Gasteiger partial charge in [0, 0.05) is 18.7 Å². The number of nitrogens with zero attached hydrogens (tertiary/aromatic N) is 2. The first-order chi connectivity index (χ1) is 12.0. The number of aliphatic hydroxyl groups excluding tert-OH is 2. The largest absolute Gasteiger partial charge is 0.469 e. The summed E-state index contributed by atoms with van der Waals surface area (Å²) in [6, 6.07) is 0. The molecule has 0 bridgehead atoms. The maximum absolute atomic E-state index is 11.3. The molecule has 26 heavy (non-hydrogen) atoms. The van der Waals surface area contributed by atoms with Crippen LogP contribution < -0.4 is 5.32 Å². The summed E-state index contributed by atoms with van der Waals surface area (Å²) in [4.78, 5) is 34.4. The molecule has 5 N–H and O–H groups in total. The quantitative estimate of drug-likeness (QED) is 0.376. The number of aliphatic imine (C=N–C) groups is 1. The molecule has 0 aliphatic carbocycles. The van der Waals surface area contributed by atoms with Crippen molar-refractivity contribution < 1.29 is 38.6 Å². The zero-order valence-electron chi connectivity index (χ0n) is 14.3. The summed E-state index contributed by atoms with van der Waals surface area (Å²) in [6.07, 6.45) is -2.99. The Morgan fingerprint density at radius 2 is 2.12 bits per heavy atom. The van der Waals surface area contributed by atoms with Gasteiger partial charge in [-0.25, -0.2) is 9.56 Å². The van der Waals surface area contributed by atoms with E-state index in [9.17, 15) is 19.6 Å². The first kappa shape index (κ1) is 20.7. The molecule has 0 aromatic carbocycles. The highest BCUT2D eigenvalue weighted by molar-refractivity contribution is 7.46. The standard InChI is InChI=1S/C14H22N3O8P/c1-4-9-5-17(7(2)15-13(9)16-8(3)18)14-12(20)11(19)10(25-14)6-24-26(21,22)23/h5,10-12,14,19-20H,2,4,6H2,1,3H3,(H,15,16,18)(H2,21,22,23)/t10?,11-,12-,14-/m1/s1. The van der Waals surface area contributed by atoms with Crippen molar-refractivity contribution in [3.05, 3.63) is 24.2 Å². The van der Waals surface area contributed by atoms with E-state index >= 15 is 0 Å². The number of amides is 1. The van der Waals surface area contributed by atoms with Crippen LogP contribution in [-0.4, -0.2) is 67.8 Å². The second-order valence-corrected chi connectivity index (χ2v) is 7.04. The summed E-state index contributed by atoms with van der Waals surface area (Å²) >= 11 is 0. The third kappa shape index (κ3) is 4.77. The highest BCUT2D eigenvalue weighted by atomic mass is 31.2. The van der Waals surface area contributed by atoms with Crippen molar-refractivity contribution in [2.45, 2.75) is 44.8 Å². The van der Waals surface area contributed by atoms with Crippen LogP contribution in [0.5, 0.6) is 0 Å². The van der Waals surface area contributed by atoms with E-state index < -0.39 is 39.0 Å². The molecule has 2 heterocycles. The molecule has 0 aromatic rings. The van der Waals surface area contributed by atoms with Crippen LogP contribution in [0.3, 0.4) is 0 Å². The van der Waals surface area contributed by atoms with E-state index in [1.807, 2.05) is 6.92 Å². The van der Waals surface area contributed by atoms with Gasteiger partial charge < -0.3 is 35.0 Å². The lowest BCUT2D eigenvalue weighted by Gasteiger charge is -2.32. The molecule has 0 saturated carbocycles. The summed E-state index contributed by atoms with van der Waals surface area (Å²) in [5.74, 6) is 0.181. The third-order valence-electron chi connectivity index (χ3n) is 3.83. The monoisotopic (exact) mass is 391 g/mol. The van der Waals surface area contributed by atoms with Crippen molar-refractivity contribution in [3.63, 3.8) is 0 Å². The van der Waals surface area contributed by atoms with Crippen molar-refractivity contribution in [3.8, 4) is 0 Å². The van der Waals surface area contributed by atoms with Gasteiger partial charge in [-0.2, -0.15) is 0 Å². The van der Waals surface area contributed by atoms with Crippen LogP contribution in [0, 0.1) is 0 Å². The Morgan fingerprint density at radius 1 is 1.46 bits per heavy atom. The molecule has 1 unspecified atom stereocenters. The van der Waals surface area contributed by atoms with E-state index in [1.165, 1.54) is 11.8 Å². The number of phosphoric ester groups is 1. The Kier molecular flexibility index (Phi) is 6.35. The van der Waals surface area contributed by atoms with Crippen LogP contribution in [0.1, 0.15) is 20.3 Å². The number of aliphatic hydroxyl groups is 2. The highest BCUT2D eigenvalue weighted by Gasteiger charge is 2.47. The lowest BCUT2D eigenvalue weighted by Crippen LogP contribution is -2.43. The normalized spacial score (nSPS) is 29.5. The van der Waals surface area contributed by atoms with Crippen molar-refractivity contribution >= 4 is 19.6 Å². The maximum atomic E-state index is 11.3. The minimum absolute atomic E-state index is 0.152. The Balaban J connectivity index is 2.16. The number of phosphoric acid groups is 1. The van der Waals surface area contributed by atoms with Crippen LogP contribution in [0.4, 0.5) is 0 Å². The van der Waals surface area contributed by atoms with Crippen molar-refractivity contribution in [1.82, 2.24) is 10.2 Å². The van der Waals surface area contributed by atoms with E-state index in [1.54, 1.807) is 6.20 Å². The van der Waals surface area contributed by atoms with Gasteiger partial charge in [0.05, 0.1) is 6.61 Å². The lowest BCUT2D eigenvalue weighted by atomic mass is 10.1. The van der Waals surface area contributed by atoms with Crippen LogP contribution >= 0.6 is 7.82 Å². The molecule has 1 saturated heterocycles. The van der Waals surface area contributed by atoms with Gasteiger partial charge in [-0.1, -0.05) is 13.5 Å². The average molecular weight is 391 g/mol. The molecule has 4 atom stereocenters. The molecule has 11 nitrogen and oxygen atoms in total. The summed E-state index contributed by atoms with van der Waals surface area (Å²) in [6.45, 7) is 6.33. The molecule has 12 heteroatoms. The van der Waals surface area contributed by atoms with E-state index in [0.29, 0.717) is 17.8 Å². The number of ether oxygens (including phenoxy) is 1.